The monoisotopic (exact) mass is 867 g/mol. The lowest BCUT2D eigenvalue weighted by Crippen LogP contribution is -2.30. The number of aliphatic carboxylic acids is 1. The molecule has 59 heavy (non-hydrogen) atoms. The Labute approximate surface area is 358 Å². The van der Waals surface area contributed by atoms with Gasteiger partial charge in [0.2, 0.25) is 17.4 Å². The third-order valence-corrected chi connectivity index (χ3v) is 9.74. The average Bonchev–Trinajstić information content (AvgIpc) is 3.48. The number of para-hydroxylation sites is 1. The molecule has 2 N–H and O–H groups in total. The fraction of sp³-hybridized carbons (Fsp3) is 0.605. The summed E-state index contributed by atoms with van der Waals surface area (Å²) in [5.41, 5.74) is 0.836. The molecule has 1 aromatic heterocycles. The number of amides is 1. The third-order valence-electron chi connectivity index (χ3n) is 7.33. The largest absolute Gasteiger partial charge is 0.481 e. The highest BCUT2D eigenvalue weighted by molar-refractivity contribution is 8.07. The Hall–Kier alpha value is -4.04. The van der Waals surface area contributed by atoms with Crippen molar-refractivity contribution in [2.75, 3.05) is 26.9 Å². The number of carboxylic acids is 1. The molecule has 0 radical (unpaired) electrons. The molecule has 0 spiro atoms. The molecule has 1 amide bonds. The lowest BCUT2D eigenvalue weighted by molar-refractivity contribution is -0.141. The molecule has 0 bridgehead atoms. The first-order valence-corrected chi connectivity index (χ1v) is 23.0. The van der Waals surface area contributed by atoms with E-state index in [9.17, 15) is 9.59 Å². The smallest absolute Gasteiger partial charge is 0.412 e. The number of unbranched alkanes of at least 4 members (excludes halogenated alkanes) is 7. The van der Waals surface area contributed by atoms with Crippen molar-refractivity contribution in [2.45, 2.75) is 145 Å². The van der Waals surface area contributed by atoms with Gasteiger partial charge in [0.15, 0.2) is 11.5 Å². The van der Waals surface area contributed by atoms with Crippen molar-refractivity contribution in [3.63, 3.8) is 0 Å². The zero-order valence-electron chi connectivity index (χ0n) is 37.2. The highest BCUT2D eigenvalue weighted by Crippen LogP contribution is 2.49. The molecule has 3 rings (SSSR count). The number of aryl methyl sites for hydroxylation is 1. The molecule has 1 aliphatic heterocycles. The molecule has 14 nitrogen and oxygen atoms in total. The van der Waals surface area contributed by atoms with Crippen molar-refractivity contribution >= 4 is 36.6 Å². The Kier molecular flexibility index (Phi) is 29.6. The molecule has 0 fully saturated rings. The molecule has 0 unspecified atom stereocenters. The minimum atomic E-state index is -2.77. The zero-order valence-corrected chi connectivity index (χ0v) is 38.9. The standard InChI is InChI=1S/C18H32O2.C12H21N2O3PS.C11H13NO4.C2H4O2/c1-3-4-5-6-7-8-9-10-11-12-13-14-15-16-17-20-18(2)19;1-6-15-18(19,16-7-2)17-11-8-10(5)13-12(14-11)9(3)4;1-11(2)15-8-6-4-5-7(9(8)16-11)14-10(13)12-3;1-2(3)4/h6-7,10-11H,3-5,8-9,12-17H2,1-2H3;8-9H,6-7H2,1-5H3;4-6H,1-3H3,(H,12,13);1H3,(H,3,4). The van der Waals surface area contributed by atoms with E-state index >= 15 is 0 Å². The number of fused-ring (bicyclic) bond motifs is 1. The fourth-order valence-electron chi connectivity index (χ4n) is 4.75. The molecule has 334 valence electrons. The topological polar surface area (TPSA) is 174 Å². The van der Waals surface area contributed by atoms with Crippen LogP contribution in [0, 0.1) is 6.92 Å². The summed E-state index contributed by atoms with van der Waals surface area (Å²) in [6, 6.07) is 6.90. The van der Waals surface area contributed by atoms with E-state index in [1.165, 1.54) is 58.9 Å². The predicted molar refractivity (Wildman–Crippen MR) is 236 cm³/mol. The van der Waals surface area contributed by atoms with Crippen LogP contribution in [0.5, 0.6) is 23.1 Å². The molecule has 2 heterocycles. The molecule has 0 aliphatic carbocycles. The van der Waals surface area contributed by atoms with Crippen LogP contribution in [0.3, 0.4) is 0 Å². The van der Waals surface area contributed by atoms with E-state index in [1.807, 2.05) is 34.6 Å². The maximum absolute atomic E-state index is 11.1. The molecule has 0 saturated heterocycles. The van der Waals surface area contributed by atoms with Gasteiger partial charge >= 0.3 is 18.8 Å². The van der Waals surface area contributed by atoms with Gasteiger partial charge in [-0.05, 0) is 71.4 Å². The second-order valence-corrected chi connectivity index (χ2v) is 16.7. The van der Waals surface area contributed by atoms with Gasteiger partial charge < -0.3 is 33.9 Å². The van der Waals surface area contributed by atoms with E-state index in [2.05, 4.69) is 46.5 Å². The van der Waals surface area contributed by atoms with E-state index in [1.54, 1.807) is 38.1 Å². The first kappa shape index (κ1) is 55.0. The number of allylic oxidation sites excluding steroid dienone is 4. The number of benzene rings is 1. The second kappa shape index (κ2) is 31.8. The molecule has 1 aliphatic rings. The summed E-state index contributed by atoms with van der Waals surface area (Å²) in [5, 5.41) is 9.78. The molecule has 2 aromatic rings. The van der Waals surface area contributed by atoms with Gasteiger partial charge in [0.05, 0.1) is 19.8 Å². The van der Waals surface area contributed by atoms with E-state index in [0.717, 1.165) is 37.7 Å². The van der Waals surface area contributed by atoms with Crippen LogP contribution in [0.2, 0.25) is 0 Å². The maximum atomic E-state index is 11.1. The van der Waals surface area contributed by atoms with Gasteiger partial charge in [-0.25, -0.2) is 9.78 Å². The summed E-state index contributed by atoms with van der Waals surface area (Å²) in [4.78, 5) is 39.4. The lowest BCUT2D eigenvalue weighted by atomic mass is 10.1. The van der Waals surface area contributed by atoms with Gasteiger partial charge in [-0.3, -0.25) is 18.6 Å². The summed E-state index contributed by atoms with van der Waals surface area (Å²) in [7, 11) is 1.49. The number of ether oxygens (including phenoxy) is 4. The van der Waals surface area contributed by atoms with Crippen LogP contribution in [-0.2, 0) is 35.2 Å². The van der Waals surface area contributed by atoms with Crippen LogP contribution in [0.25, 0.3) is 0 Å². The van der Waals surface area contributed by atoms with Crippen LogP contribution in [0.15, 0.2) is 48.6 Å². The number of nitrogens with zero attached hydrogens (tertiary/aromatic N) is 2. The molecular formula is C43H70N3O11PS. The van der Waals surface area contributed by atoms with Crippen LogP contribution >= 0.6 is 6.72 Å². The van der Waals surface area contributed by atoms with Gasteiger partial charge in [0.1, 0.15) is 5.82 Å². The first-order chi connectivity index (χ1) is 27.9. The third kappa shape index (κ3) is 28.1. The highest BCUT2D eigenvalue weighted by Gasteiger charge is 2.34. The highest BCUT2D eigenvalue weighted by atomic mass is 32.5. The van der Waals surface area contributed by atoms with Crippen LogP contribution in [0.4, 0.5) is 4.79 Å². The Morgan fingerprint density at radius 3 is 2.02 bits per heavy atom. The van der Waals surface area contributed by atoms with Crippen LogP contribution in [-0.4, -0.2) is 65.8 Å². The first-order valence-electron chi connectivity index (χ1n) is 20.4. The minimum Gasteiger partial charge on any atom is -0.481 e. The minimum absolute atomic E-state index is 0.170. The average molecular weight is 868 g/mol. The van der Waals surface area contributed by atoms with Crippen molar-refractivity contribution in [1.29, 1.82) is 0 Å². The molecule has 0 atom stereocenters. The number of rotatable bonds is 21. The lowest BCUT2D eigenvalue weighted by Gasteiger charge is -2.20. The number of carbonyl (C=O) groups is 3. The fourth-order valence-corrected chi connectivity index (χ4v) is 6.74. The molecule has 16 heteroatoms. The van der Waals surface area contributed by atoms with Gasteiger partial charge in [0, 0.05) is 64.2 Å². The Morgan fingerprint density at radius 2 is 1.47 bits per heavy atom. The van der Waals surface area contributed by atoms with E-state index in [-0.39, 0.29) is 11.9 Å². The Morgan fingerprint density at radius 1 is 0.898 bits per heavy atom. The predicted octanol–water partition coefficient (Wildman–Crippen LogP) is 11.2. The van der Waals surface area contributed by atoms with E-state index in [0.29, 0.717) is 42.9 Å². The number of nitrogens with one attached hydrogen (secondary N) is 1. The van der Waals surface area contributed by atoms with Crippen molar-refractivity contribution in [3.8, 4) is 23.1 Å². The Bertz CT molecular complexity index is 1610. The van der Waals surface area contributed by atoms with Gasteiger partial charge in [-0.15, -0.1) is 0 Å². The van der Waals surface area contributed by atoms with E-state index < -0.39 is 24.6 Å². The van der Waals surface area contributed by atoms with Crippen LogP contribution < -0.4 is 24.1 Å². The molecule has 1 aromatic carbocycles. The van der Waals surface area contributed by atoms with Crippen molar-refractivity contribution in [3.05, 3.63) is 60.1 Å². The van der Waals surface area contributed by atoms with Crippen molar-refractivity contribution < 1.29 is 52.0 Å². The number of carboxylic acid groups (broad SMARTS) is 1. The second-order valence-electron chi connectivity index (χ2n) is 13.8. The summed E-state index contributed by atoms with van der Waals surface area (Å²) in [5.74, 6) is 1.01. The number of carbonyl (C=O) groups excluding carboxylic acids is 2. The summed E-state index contributed by atoms with van der Waals surface area (Å²) in [6.45, 7) is 16.7. The van der Waals surface area contributed by atoms with Gasteiger partial charge in [-0.1, -0.05) is 76.8 Å². The summed E-state index contributed by atoms with van der Waals surface area (Å²) in [6.07, 6.45) is 20.6. The van der Waals surface area contributed by atoms with Crippen LogP contribution in [0.1, 0.15) is 144 Å². The molecular weight excluding hydrogens is 798 g/mol. The summed E-state index contributed by atoms with van der Waals surface area (Å²) < 4.78 is 37.5. The van der Waals surface area contributed by atoms with Crippen molar-refractivity contribution in [1.82, 2.24) is 15.3 Å². The number of aromatic nitrogens is 2. The van der Waals surface area contributed by atoms with E-state index in [4.69, 9.17) is 54.2 Å². The van der Waals surface area contributed by atoms with Crippen molar-refractivity contribution in [2.24, 2.45) is 0 Å². The Balaban J connectivity index is 0.000000819. The number of esters is 1. The molecule has 0 saturated carbocycles. The number of hydrogen-bond donors (Lipinski definition) is 2. The quantitative estimate of drug-likeness (QED) is 0.0525. The normalized spacial score (nSPS) is 12.4. The van der Waals surface area contributed by atoms with Gasteiger partial charge in [-0.2, -0.15) is 4.98 Å². The maximum Gasteiger partial charge on any atom is 0.412 e. The number of hydrogen-bond acceptors (Lipinski definition) is 13. The van der Waals surface area contributed by atoms with Gasteiger partial charge in [0.25, 0.3) is 5.97 Å². The summed E-state index contributed by atoms with van der Waals surface area (Å²) >= 11 is 5.32. The SMILES string of the molecule is CC(=O)O.CCCCC=CCCC=CCCCCCCOC(C)=O.CCOP(=S)(OCC)Oc1cc(C)nc(C(C)C)n1.CNC(=O)Oc1cccc2c1OC(C)(C)O2. The zero-order chi connectivity index (χ0) is 44.7.